The van der Waals surface area contributed by atoms with E-state index in [-0.39, 0.29) is 13.4 Å². The van der Waals surface area contributed by atoms with E-state index in [1.807, 2.05) is 0 Å². The zero-order valence-corrected chi connectivity index (χ0v) is 39.4. The highest BCUT2D eigenvalue weighted by atomic mass is 15.2. The van der Waals surface area contributed by atoms with Crippen LogP contribution in [0.1, 0.15) is 0 Å². The first-order chi connectivity index (χ1) is 36.3. The summed E-state index contributed by atoms with van der Waals surface area (Å²) in [6, 6.07) is 89.1. The van der Waals surface area contributed by atoms with E-state index in [2.05, 4.69) is 260 Å². The summed E-state index contributed by atoms with van der Waals surface area (Å²) in [7, 11) is 0. The van der Waals surface area contributed by atoms with E-state index >= 15 is 0 Å². The summed E-state index contributed by atoms with van der Waals surface area (Å²) in [5, 5.41) is 7.68. The maximum atomic E-state index is 2.59. The highest BCUT2D eigenvalue weighted by Crippen LogP contribution is 2.47. The van der Waals surface area contributed by atoms with E-state index in [9.17, 15) is 0 Å². The molecule has 0 saturated carbocycles. The van der Waals surface area contributed by atoms with Crippen LogP contribution in [0.2, 0.25) is 0 Å². The molecule has 334 valence electrons. The predicted molar refractivity (Wildman–Crippen MR) is 308 cm³/mol. The molecule has 0 N–H and O–H groups in total. The van der Waals surface area contributed by atoms with Crippen molar-refractivity contribution in [3.05, 3.63) is 237 Å². The standard InChI is InChI=1S/C66H39B2N5/c1-4-18-40(19-5-1)69-55-32-16-34-57-63(55)67(49-28-14-26-45-43-24-10-12-30-53(43)72(57)65(45)49)51-36-47-48-37-52-62(39-60(48)71(59(47)38-61(51)69)42-22-8-3-9-23-42)70(41-20-6-2-7-21-41)56-33-17-35-58-64(56)68(52)50-29-15-27-46-44-25-11-13-31-54(44)73(58)66(46)50/h1-39H. The van der Waals surface area contributed by atoms with Gasteiger partial charge in [0.25, 0.3) is 13.4 Å². The van der Waals surface area contributed by atoms with Crippen LogP contribution in [0.15, 0.2) is 237 Å². The molecular weight excluding hydrogens is 884 g/mol. The van der Waals surface area contributed by atoms with Crippen molar-refractivity contribution >= 4 is 146 Å². The van der Waals surface area contributed by atoms with Crippen molar-refractivity contribution in [1.29, 1.82) is 0 Å². The molecule has 0 aliphatic carbocycles. The first kappa shape index (κ1) is 38.3. The van der Waals surface area contributed by atoms with Crippen molar-refractivity contribution in [1.82, 2.24) is 13.7 Å². The van der Waals surface area contributed by atoms with Crippen LogP contribution in [-0.2, 0) is 0 Å². The quantitative estimate of drug-likeness (QED) is 0.165. The topological polar surface area (TPSA) is 21.3 Å². The summed E-state index contributed by atoms with van der Waals surface area (Å²) in [4.78, 5) is 5.08. The monoisotopic (exact) mass is 923 g/mol. The van der Waals surface area contributed by atoms with Gasteiger partial charge in [0.15, 0.2) is 0 Å². The van der Waals surface area contributed by atoms with Gasteiger partial charge in [-0.3, -0.25) is 0 Å². The fourth-order valence-corrected chi connectivity index (χ4v) is 14.3. The maximum Gasteiger partial charge on any atom is 0.252 e. The minimum absolute atomic E-state index is 0.000277. The van der Waals surface area contributed by atoms with Crippen LogP contribution in [0.25, 0.3) is 82.5 Å². The van der Waals surface area contributed by atoms with Gasteiger partial charge < -0.3 is 23.5 Å². The van der Waals surface area contributed by atoms with E-state index in [1.165, 1.54) is 132 Å². The molecule has 73 heavy (non-hydrogen) atoms. The zero-order chi connectivity index (χ0) is 47.2. The van der Waals surface area contributed by atoms with Crippen LogP contribution in [-0.4, -0.2) is 27.1 Å². The van der Waals surface area contributed by atoms with Gasteiger partial charge in [0, 0.05) is 94.5 Å². The third-order valence-electron chi connectivity index (χ3n) is 16.9. The average Bonchev–Trinajstić information content (AvgIpc) is 4.11. The first-order valence-corrected chi connectivity index (χ1v) is 25.5. The molecule has 0 atom stereocenters. The van der Waals surface area contributed by atoms with Crippen LogP contribution >= 0.6 is 0 Å². The summed E-state index contributed by atoms with van der Waals surface area (Å²) < 4.78 is 7.63. The lowest BCUT2D eigenvalue weighted by Gasteiger charge is -2.40. The Morgan fingerprint density at radius 1 is 0.233 bits per heavy atom. The Morgan fingerprint density at radius 3 is 1.08 bits per heavy atom. The molecule has 11 aromatic carbocycles. The Labute approximate surface area is 420 Å². The second-order valence-electron chi connectivity index (χ2n) is 20.3. The average molecular weight is 924 g/mol. The molecule has 7 heteroatoms. The molecule has 18 rings (SSSR count). The van der Waals surface area contributed by atoms with Crippen molar-refractivity contribution in [2.45, 2.75) is 0 Å². The summed E-state index contributed by atoms with van der Waals surface area (Å²) in [5.41, 5.74) is 26.2. The maximum absolute atomic E-state index is 2.59. The number of anilines is 6. The molecule has 4 aliphatic heterocycles. The fraction of sp³-hybridized carbons (Fsp3) is 0. The molecule has 0 radical (unpaired) electrons. The molecular formula is C66H39B2N5. The highest BCUT2D eigenvalue weighted by molar-refractivity contribution is 7.01. The van der Waals surface area contributed by atoms with E-state index < -0.39 is 0 Å². The molecule has 3 aromatic heterocycles. The van der Waals surface area contributed by atoms with Gasteiger partial charge in [0.05, 0.1) is 22.1 Å². The summed E-state index contributed by atoms with van der Waals surface area (Å²) in [6.45, 7) is -0.000555. The van der Waals surface area contributed by atoms with Crippen molar-refractivity contribution in [3.63, 3.8) is 0 Å². The third-order valence-corrected chi connectivity index (χ3v) is 16.9. The lowest BCUT2D eigenvalue weighted by Crippen LogP contribution is -2.60. The number of para-hydroxylation sites is 7. The molecule has 7 heterocycles. The second kappa shape index (κ2) is 13.7. The molecule has 14 aromatic rings. The summed E-state index contributed by atoms with van der Waals surface area (Å²) in [6.07, 6.45) is 0. The van der Waals surface area contributed by atoms with Gasteiger partial charge in [0.1, 0.15) is 0 Å². The molecule has 0 saturated heterocycles. The van der Waals surface area contributed by atoms with Gasteiger partial charge in [0.2, 0.25) is 0 Å². The van der Waals surface area contributed by atoms with Crippen molar-refractivity contribution < 1.29 is 0 Å². The summed E-state index contributed by atoms with van der Waals surface area (Å²) >= 11 is 0. The molecule has 4 aliphatic rings. The third kappa shape index (κ3) is 4.71. The normalized spacial score (nSPS) is 13.6. The molecule has 5 nitrogen and oxygen atoms in total. The number of rotatable bonds is 3. The van der Waals surface area contributed by atoms with Crippen molar-refractivity contribution in [3.8, 4) is 17.1 Å². The molecule has 0 unspecified atom stereocenters. The van der Waals surface area contributed by atoms with Crippen molar-refractivity contribution in [2.24, 2.45) is 0 Å². The van der Waals surface area contributed by atoms with Crippen LogP contribution in [0.5, 0.6) is 0 Å². The summed E-state index contributed by atoms with van der Waals surface area (Å²) in [5.74, 6) is 0. The highest BCUT2D eigenvalue weighted by Gasteiger charge is 2.45. The zero-order valence-electron chi connectivity index (χ0n) is 39.4. The second-order valence-corrected chi connectivity index (χ2v) is 20.3. The van der Waals surface area contributed by atoms with E-state index in [0.29, 0.717) is 0 Å². The number of fused-ring (bicyclic) bond motifs is 17. The van der Waals surface area contributed by atoms with Crippen LogP contribution in [0.4, 0.5) is 34.1 Å². The van der Waals surface area contributed by atoms with Gasteiger partial charge in [-0.25, -0.2) is 0 Å². The van der Waals surface area contributed by atoms with Crippen LogP contribution < -0.4 is 42.6 Å². The minimum Gasteiger partial charge on any atom is -0.311 e. The predicted octanol–water partition coefficient (Wildman–Crippen LogP) is 12.2. The van der Waals surface area contributed by atoms with E-state index in [1.54, 1.807) is 0 Å². The van der Waals surface area contributed by atoms with Gasteiger partial charge >= 0.3 is 0 Å². The SMILES string of the molecule is c1ccc(N2c3cc4c(cc3B3c5c2cccc5-n2c5ccccc5c5cccc3c52)c2cc3c(cc2n4-c2ccccc2)N(c2ccccc2)c2cccc4c2B3c2cccc3c5ccccc5n-4c23)cc1. The number of nitrogens with zero attached hydrogens (tertiary/aromatic N) is 5. The Balaban J connectivity index is 0.996. The van der Waals surface area contributed by atoms with Gasteiger partial charge in [-0.2, -0.15) is 0 Å². The molecule has 0 bridgehead atoms. The van der Waals surface area contributed by atoms with Crippen molar-refractivity contribution in [2.75, 3.05) is 9.80 Å². The lowest BCUT2D eigenvalue weighted by molar-refractivity contribution is 1.16. The Hall–Kier alpha value is -9.45. The first-order valence-electron chi connectivity index (χ1n) is 25.5. The lowest BCUT2D eigenvalue weighted by atomic mass is 9.33. The molecule has 0 spiro atoms. The van der Waals surface area contributed by atoms with E-state index in [4.69, 9.17) is 0 Å². The minimum atomic E-state index is -0.000277. The Kier molecular flexibility index (Phi) is 7.19. The largest absolute Gasteiger partial charge is 0.311 e. The number of aromatic nitrogens is 3. The molecule has 0 fully saturated rings. The van der Waals surface area contributed by atoms with Crippen LogP contribution in [0, 0.1) is 0 Å². The Bertz CT molecular complexity index is 4480. The van der Waals surface area contributed by atoms with E-state index in [0.717, 1.165) is 17.1 Å². The van der Waals surface area contributed by atoms with Gasteiger partial charge in [-0.05, 0) is 118 Å². The van der Waals surface area contributed by atoms with Crippen LogP contribution in [0.3, 0.4) is 0 Å². The Morgan fingerprint density at radius 2 is 0.616 bits per heavy atom. The number of benzene rings is 11. The molecule has 0 amide bonds. The number of hydrogen-bond donors (Lipinski definition) is 0. The fourth-order valence-electron chi connectivity index (χ4n) is 14.3. The van der Waals surface area contributed by atoms with Gasteiger partial charge in [-0.1, -0.05) is 152 Å². The number of hydrogen-bond acceptors (Lipinski definition) is 2. The van der Waals surface area contributed by atoms with Gasteiger partial charge in [-0.15, -0.1) is 0 Å². The smallest absolute Gasteiger partial charge is 0.252 e.